The van der Waals surface area contributed by atoms with Crippen LogP contribution in [-0.2, 0) is 4.74 Å². The van der Waals surface area contributed by atoms with E-state index in [0.717, 1.165) is 10.2 Å². The minimum Gasteiger partial charge on any atom is -0.385 e. The second-order valence-electron chi connectivity index (χ2n) is 4.16. The molecule has 0 aliphatic rings. The first-order valence-electron chi connectivity index (χ1n) is 5.84. The lowest BCUT2D eigenvalue weighted by atomic mass is 10.1. The monoisotopic (exact) mass is 264 g/mol. The molecule has 2 N–H and O–H groups in total. The van der Waals surface area contributed by atoms with Gasteiger partial charge < -0.3 is 10.5 Å². The molecule has 0 saturated carbocycles. The highest BCUT2D eigenvalue weighted by molar-refractivity contribution is 7.20. The van der Waals surface area contributed by atoms with E-state index < -0.39 is 0 Å². The van der Waals surface area contributed by atoms with Crippen molar-refractivity contribution in [3.05, 3.63) is 29.3 Å². The van der Waals surface area contributed by atoms with Gasteiger partial charge in [0.2, 0.25) is 0 Å². The van der Waals surface area contributed by atoms with E-state index in [1.807, 2.05) is 24.3 Å². The summed E-state index contributed by atoms with van der Waals surface area (Å²) >= 11 is 1.42. The average Bonchev–Trinajstić information content (AvgIpc) is 2.80. The number of carbonyl (C=O) groups excluding carboxylic acids is 1. The number of methoxy groups -OCH3 is 1. The second kappa shape index (κ2) is 6.04. The zero-order valence-corrected chi connectivity index (χ0v) is 11.1. The normalized spacial score (nSPS) is 12.8. The molecule has 2 aromatic rings. The molecule has 1 aromatic carbocycles. The number of rotatable bonds is 6. The molecule has 1 unspecified atom stereocenters. The van der Waals surface area contributed by atoms with E-state index in [-0.39, 0.29) is 11.8 Å². The van der Waals surface area contributed by atoms with E-state index in [1.54, 1.807) is 7.11 Å². The molecule has 0 radical (unpaired) electrons. The van der Waals surface area contributed by atoms with Crippen molar-refractivity contribution >= 4 is 27.3 Å². The molecular weight excluding hydrogens is 248 g/mol. The minimum atomic E-state index is -0.163. The summed E-state index contributed by atoms with van der Waals surface area (Å²) in [6.45, 7) is 0.578. The molecular formula is C13H16N2O2S. The molecule has 0 aliphatic carbocycles. The number of thiazole rings is 1. The maximum Gasteiger partial charge on any atom is 0.192 e. The van der Waals surface area contributed by atoms with Crippen LogP contribution < -0.4 is 5.73 Å². The first-order valence-corrected chi connectivity index (χ1v) is 6.65. The quantitative estimate of drug-likeness (QED) is 0.813. The largest absolute Gasteiger partial charge is 0.385 e. The van der Waals surface area contributed by atoms with Crippen LogP contribution >= 0.6 is 11.3 Å². The number of Topliss-reactive ketones (excluding diaryl/α,β-unsaturated/α-hetero) is 1. The number of hydrogen-bond acceptors (Lipinski definition) is 5. The van der Waals surface area contributed by atoms with Crippen molar-refractivity contribution in [2.75, 3.05) is 13.7 Å². The van der Waals surface area contributed by atoms with E-state index >= 15 is 0 Å². The van der Waals surface area contributed by atoms with Gasteiger partial charge in [-0.05, 0) is 18.6 Å². The summed E-state index contributed by atoms with van der Waals surface area (Å²) in [7, 11) is 1.63. The zero-order valence-electron chi connectivity index (χ0n) is 10.3. The summed E-state index contributed by atoms with van der Waals surface area (Å²) < 4.78 is 5.98. The van der Waals surface area contributed by atoms with Crippen LogP contribution in [-0.4, -0.2) is 30.5 Å². The van der Waals surface area contributed by atoms with Gasteiger partial charge in [-0.15, -0.1) is 11.3 Å². The van der Waals surface area contributed by atoms with Gasteiger partial charge in [-0.2, -0.15) is 0 Å². The van der Waals surface area contributed by atoms with Crippen LogP contribution in [0.4, 0.5) is 0 Å². The topological polar surface area (TPSA) is 65.2 Å². The lowest BCUT2D eigenvalue weighted by molar-refractivity contribution is 0.0967. The number of hydrogen-bond donors (Lipinski definition) is 1. The molecule has 96 valence electrons. The summed E-state index contributed by atoms with van der Waals surface area (Å²) in [5.74, 6) is 0.0137. The SMILES string of the molecule is COCCC(N)CC(=O)c1nc2ccccc2s1. The number of nitrogens with zero attached hydrogens (tertiary/aromatic N) is 1. The van der Waals surface area contributed by atoms with Gasteiger partial charge in [-0.25, -0.2) is 4.98 Å². The van der Waals surface area contributed by atoms with Crippen molar-refractivity contribution in [3.8, 4) is 0 Å². The minimum absolute atomic E-state index is 0.0137. The summed E-state index contributed by atoms with van der Waals surface area (Å²) in [5, 5.41) is 0.545. The molecule has 0 spiro atoms. The standard InChI is InChI=1S/C13H16N2O2S/c1-17-7-6-9(14)8-11(16)13-15-10-4-2-3-5-12(10)18-13/h2-5,9H,6-8,14H2,1H3. The number of para-hydroxylation sites is 1. The number of fused-ring (bicyclic) bond motifs is 1. The van der Waals surface area contributed by atoms with Crippen molar-refractivity contribution < 1.29 is 9.53 Å². The van der Waals surface area contributed by atoms with Crippen molar-refractivity contribution in [1.29, 1.82) is 0 Å². The van der Waals surface area contributed by atoms with Gasteiger partial charge in [-0.1, -0.05) is 12.1 Å². The molecule has 0 amide bonds. The Kier molecular flexibility index (Phi) is 4.41. The average molecular weight is 264 g/mol. The molecule has 18 heavy (non-hydrogen) atoms. The Bertz CT molecular complexity index is 506. The summed E-state index contributed by atoms with van der Waals surface area (Å²) in [4.78, 5) is 16.3. The van der Waals surface area contributed by atoms with E-state index in [9.17, 15) is 4.79 Å². The Labute approximate surface area is 110 Å². The van der Waals surface area contributed by atoms with Gasteiger partial charge in [0, 0.05) is 26.2 Å². The highest BCUT2D eigenvalue weighted by Crippen LogP contribution is 2.22. The van der Waals surface area contributed by atoms with Crippen LogP contribution in [0.3, 0.4) is 0 Å². The molecule has 0 fully saturated rings. The molecule has 1 atom stereocenters. The third-order valence-electron chi connectivity index (χ3n) is 2.67. The fourth-order valence-corrected chi connectivity index (χ4v) is 2.60. The van der Waals surface area contributed by atoms with Crippen LogP contribution in [0.25, 0.3) is 10.2 Å². The van der Waals surface area contributed by atoms with Crippen molar-refractivity contribution in [2.24, 2.45) is 5.73 Å². The Morgan fingerprint density at radius 1 is 1.50 bits per heavy atom. The highest BCUT2D eigenvalue weighted by Gasteiger charge is 2.15. The fourth-order valence-electron chi connectivity index (χ4n) is 1.69. The van der Waals surface area contributed by atoms with E-state index in [2.05, 4.69) is 4.98 Å². The Morgan fingerprint density at radius 3 is 3.00 bits per heavy atom. The molecule has 0 aliphatic heterocycles. The second-order valence-corrected chi connectivity index (χ2v) is 5.19. The molecule has 1 aromatic heterocycles. The maximum atomic E-state index is 12.0. The zero-order chi connectivity index (χ0) is 13.0. The predicted octanol–water partition coefficient (Wildman–Crippen LogP) is 2.23. The van der Waals surface area contributed by atoms with Crippen LogP contribution in [0.5, 0.6) is 0 Å². The first kappa shape index (κ1) is 13.1. The molecule has 4 nitrogen and oxygen atoms in total. The van der Waals surface area contributed by atoms with Gasteiger partial charge in [0.15, 0.2) is 10.8 Å². The maximum absolute atomic E-state index is 12.0. The van der Waals surface area contributed by atoms with Crippen LogP contribution in [0.2, 0.25) is 0 Å². The van der Waals surface area contributed by atoms with Gasteiger partial charge in [0.1, 0.15) is 0 Å². The fraction of sp³-hybridized carbons (Fsp3) is 0.385. The number of nitrogens with two attached hydrogens (primary N) is 1. The van der Waals surface area contributed by atoms with Crippen molar-refractivity contribution in [2.45, 2.75) is 18.9 Å². The highest BCUT2D eigenvalue weighted by atomic mass is 32.1. The number of aromatic nitrogens is 1. The van der Waals surface area contributed by atoms with Gasteiger partial charge >= 0.3 is 0 Å². The summed E-state index contributed by atoms with van der Waals surface area (Å²) in [6.07, 6.45) is 1.01. The Hall–Kier alpha value is -1.30. The molecule has 0 saturated heterocycles. The predicted molar refractivity (Wildman–Crippen MR) is 73.0 cm³/mol. The van der Waals surface area contributed by atoms with E-state index in [4.69, 9.17) is 10.5 Å². The molecule has 1 heterocycles. The molecule has 2 rings (SSSR count). The summed E-state index contributed by atoms with van der Waals surface area (Å²) in [6, 6.07) is 7.58. The number of ether oxygens (including phenoxy) is 1. The first-order chi connectivity index (χ1) is 8.70. The number of carbonyl (C=O) groups is 1. The molecule has 0 bridgehead atoms. The Morgan fingerprint density at radius 2 is 2.28 bits per heavy atom. The lowest BCUT2D eigenvalue weighted by Gasteiger charge is -2.08. The van der Waals surface area contributed by atoms with Gasteiger partial charge in [-0.3, -0.25) is 4.79 Å². The van der Waals surface area contributed by atoms with Gasteiger partial charge in [0.25, 0.3) is 0 Å². The van der Waals surface area contributed by atoms with E-state index in [0.29, 0.717) is 24.5 Å². The van der Waals surface area contributed by atoms with Crippen LogP contribution in [0, 0.1) is 0 Å². The Balaban J connectivity index is 2.04. The van der Waals surface area contributed by atoms with Crippen LogP contribution in [0.1, 0.15) is 22.6 Å². The third kappa shape index (κ3) is 3.13. The third-order valence-corrected chi connectivity index (χ3v) is 3.75. The van der Waals surface area contributed by atoms with Crippen molar-refractivity contribution in [3.63, 3.8) is 0 Å². The molecule has 5 heteroatoms. The van der Waals surface area contributed by atoms with E-state index in [1.165, 1.54) is 11.3 Å². The number of ketones is 1. The van der Waals surface area contributed by atoms with Crippen LogP contribution in [0.15, 0.2) is 24.3 Å². The smallest absolute Gasteiger partial charge is 0.192 e. The van der Waals surface area contributed by atoms with Crippen molar-refractivity contribution in [1.82, 2.24) is 4.98 Å². The van der Waals surface area contributed by atoms with Gasteiger partial charge in [0.05, 0.1) is 10.2 Å². The lowest BCUT2D eigenvalue weighted by Crippen LogP contribution is -2.25. The number of benzene rings is 1. The summed E-state index contributed by atoms with van der Waals surface area (Å²) in [5.41, 5.74) is 6.74.